The van der Waals surface area contributed by atoms with E-state index in [1.165, 1.54) is 12.8 Å². The molecule has 15 heavy (non-hydrogen) atoms. The minimum Gasteiger partial charge on any atom is -0.486 e. The SMILES string of the molecule is CCO[P+]1([S-])NC2CCC(C)(N1)C2(C)C. The Morgan fingerprint density at radius 2 is 2.13 bits per heavy atom. The largest absolute Gasteiger partial charge is 0.486 e. The van der Waals surface area contributed by atoms with Gasteiger partial charge < -0.3 is 12.2 Å². The van der Waals surface area contributed by atoms with Gasteiger partial charge in [0.2, 0.25) is 0 Å². The summed E-state index contributed by atoms with van der Waals surface area (Å²) in [7, 11) is 0. The van der Waals surface area contributed by atoms with E-state index >= 15 is 0 Å². The highest BCUT2D eigenvalue weighted by atomic mass is 32.7. The lowest BCUT2D eigenvalue weighted by Gasteiger charge is -2.51. The summed E-state index contributed by atoms with van der Waals surface area (Å²) in [6, 6.07) is 0.501. The minimum absolute atomic E-state index is 0.133. The molecule has 1 aliphatic heterocycles. The second-order valence-electron chi connectivity index (χ2n) is 5.36. The lowest BCUT2D eigenvalue weighted by Crippen LogP contribution is -2.61. The zero-order valence-electron chi connectivity index (χ0n) is 9.96. The lowest BCUT2D eigenvalue weighted by atomic mass is 9.75. The van der Waals surface area contributed by atoms with Crippen molar-refractivity contribution in [3.63, 3.8) is 0 Å². The maximum absolute atomic E-state index is 5.71. The van der Waals surface area contributed by atoms with Crippen molar-refractivity contribution in [1.82, 2.24) is 10.2 Å². The summed E-state index contributed by atoms with van der Waals surface area (Å²) in [5, 5.41) is 7.11. The molecule has 2 bridgehead atoms. The molecule has 1 saturated carbocycles. The molecule has 0 aromatic heterocycles. The van der Waals surface area contributed by atoms with Crippen molar-refractivity contribution >= 4 is 19.2 Å². The summed E-state index contributed by atoms with van der Waals surface area (Å²) >= 11 is 5.59. The first kappa shape index (κ1) is 12.1. The van der Waals surface area contributed by atoms with Gasteiger partial charge in [0, 0.05) is 5.41 Å². The molecule has 0 aromatic rings. The van der Waals surface area contributed by atoms with Crippen LogP contribution in [0.1, 0.15) is 40.5 Å². The van der Waals surface area contributed by atoms with E-state index in [4.69, 9.17) is 16.8 Å². The predicted octanol–water partition coefficient (Wildman–Crippen LogP) is 2.39. The van der Waals surface area contributed by atoms with Gasteiger partial charge in [-0.25, -0.2) is 4.52 Å². The van der Waals surface area contributed by atoms with Crippen LogP contribution in [0.25, 0.3) is 0 Å². The van der Waals surface area contributed by atoms with Crippen molar-refractivity contribution in [2.45, 2.75) is 52.1 Å². The van der Waals surface area contributed by atoms with Crippen molar-refractivity contribution in [2.75, 3.05) is 6.61 Å². The normalized spacial score (nSPS) is 48.2. The Morgan fingerprint density at radius 3 is 2.67 bits per heavy atom. The summed E-state index contributed by atoms with van der Waals surface area (Å²) in [6.07, 6.45) is 2.38. The monoisotopic (exact) mass is 248 g/mol. The molecular weight excluding hydrogens is 227 g/mol. The number of hydrogen-bond donors (Lipinski definition) is 2. The Balaban J connectivity index is 2.24. The zero-order chi connectivity index (χ0) is 11.3. The second kappa shape index (κ2) is 3.58. The van der Waals surface area contributed by atoms with E-state index in [2.05, 4.69) is 30.9 Å². The van der Waals surface area contributed by atoms with E-state index in [1.54, 1.807) is 0 Å². The van der Waals surface area contributed by atoms with E-state index in [-0.39, 0.29) is 11.0 Å². The Labute approximate surface area is 98.4 Å². The molecule has 2 rings (SSSR count). The first-order chi connectivity index (χ1) is 6.83. The molecule has 3 atom stereocenters. The Morgan fingerprint density at radius 1 is 1.47 bits per heavy atom. The van der Waals surface area contributed by atoms with Crippen LogP contribution in [0.4, 0.5) is 0 Å². The van der Waals surface area contributed by atoms with Crippen LogP contribution in [0.5, 0.6) is 0 Å². The van der Waals surface area contributed by atoms with Crippen molar-refractivity contribution in [2.24, 2.45) is 5.41 Å². The smallest absolute Gasteiger partial charge is 0.163 e. The molecular formula is C10H21N2OPS. The van der Waals surface area contributed by atoms with Crippen LogP contribution in [0, 0.1) is 5.41 Å². The third-order valence-corrected chi connectivity index (χ3v) is 7.22. The average Bonchev–Trinajstić information content (AvgIpc) is 2.28. The highest BCUT2D eigenvalue weighted by Crippen LogP contribution is 2.63. The standard InChI is InChI=1S/C10H21N2OPS/c1-5-13-14(15)11-8-6-7-10(4,12-14)9(8,2)3/h8H,5-7H2,1-4H3,(H2,11,12,15). The van der Waals surface area contributed by atoms with Gasteiger partial charge in [0.25, 0.3) is 0 Å². The summed E-state index contributed by atoms with van der Waals surface area (Å²) < 4.78 is 5.71. The molecule has 1 heterocycles. The maximum Gasteiger partial charge on any atom is 0.163 e. The van der Waals surface area contributed by atoms with Gasteiger partial charge in [0.1, 0.15) is 0 Å². The van der Waals surface area contributed by atoms with Gasteiger partial charge >= 0.3 is 0 Å². The summed E-state index contributed by atoms with van der Waals surface area (Å²) in [5.74, 6) is 0. The molecule has 88 valence electrons. The zero-order valence-corrected chi connectivity index (χ0v) is 11.7. The number of hydrogen-bond acceptors (Lipinski definition) is 4. The Hall–Kier alpha value is 0.660. The fraction of sp³-hybridized carbons (Fsp3) is 1.00. The van der Waals surface area contributed by atoms with Crippen molar-refractivity contribution in [3.8, 4) is 0 Å². The van der Waals surface area contributed by atoms with E-state index in [1.807, 2.05) is 6.92 Å². The fourth-order valence-corrected chi connectivity index (χ4v) is 6.52. The molecule has 2 fully saturated rings. The van der Waals surface area contributed by atoms with Gasteiger partial charge in [-0.05, 0) is 26.7 Å². The molecule has 2 aliphatic rings. The minimum atomic E-state index is -1.98. The van der Waals surface area contributed by atoms with Crippen molar-refractivity contribution in [3.05, 3.63) is 0 Å². The summed E-state index contributed by atoms with van der Waals surface area (Å²) in [6.45, 7) is 7.62. The van der Waals surface area contributed by atoms with Gasteiger partial charge in [0.05, 0.1) is 18.2 Å². The summed E-state index contributed by atoms with van der Waals surface area (Å²) in [5.41, 5.74) is 0.389. The predicted molar refractivity (Wildman–Crippen MR) is 67.4 cm³/mol. The highest BCUT2D eigenvalue weighted by Gasteiger charge is 2.61. The first-order valence-electron chi connectivity index (χ1n) is 5.65. The Kier molecular flexibility index (Phi) is 2.89. The number of fused-ring (bicyclic) bond motifs is 2. The lowest BCUT2D eigenvalue weighted by molar-refractivity contribution is 0.152. The van der Waals surface area contributed by atoms with Gasteiger partial charge in [-0.3, -0.25) is 0 Å². The molecule has 3 nitrogen and oxygen atoms in total. The molecule has 0 amide bonds. The molecule has 3 unspecified atom stereocenters. The summed E-state index contributed by atoms with van der Waals surface area (Å²) in [4.78, 5) is 0. The maximum atomic E-state index is 5.71. The third kappa shape index (κ3) is 1.75. The number of nitrogens with one attached hydrogen (secondary N) is 2. The highest BCUT2D eigenvalue weighted by molar-refractivity contribution is 8.38. The van der Waals surface area contributed by atoms with E-state index in [0.717, 1.165) is 0 Å². The number of rotatable bonds is 2. The average molecular weight is 248 g/mol. The van der Waals surface area contributed by atoms with Crippen LogP contribution in [0.15, 0.2) is 0 Å². The van der Waals surface area contributed by atoms with Crippen molar-refractivity contribution < 1.29 is 4.52 Å². The van der Waals surface area contributed by atoms with Crippen LogP contribution in [0.3, 0.4) is 0 Å². The fourth-order valence-electron chi connectivity index (χ4n) is 2.74. The van der Waals surface area contributed by atoms with Crippen LogP contribution < -0.4 is 10.2 Å². The van der Waals surface area contributed by atoms with Gasteiger partial charge in [-0.2, -0.15) is 10.2 Å². The van der Waals surface area contributed by atoms with Crippen LogP contribution in [0.2, 0.25) is 0 Å². The first-order valence-corrected chi connectivity index (χ1v) is 8.37. The van der Waals surface area contributed by atoms with Gasteiger partial charge in [-0.1, -0.05) is 13.8 Å². The quantitative estimate of drug-likeness (QED) is 0.581. The molecule has 0 aromatic carbocycles. The van der Waals surface area contributed by atoms with Crippen LogP contribution >= 0.6 is 6.99 Å². The van der Waals surface area contributed by atoms with Crippen LogP contribution in [-0.2, 0) is 16.8 Å². The molecule has 1 aliphatic carbocycles. The Bertz CT molecular complexity index is 276. The van der Waals surface area contributed by atoms with Crippen LogP contribution in [-0.4, -0.2) is 18.2 Å². The molecule has 2 N–H and O–H groups in total. The second-order valence-corrected chi connectivity index (χ2v) is 8.74. The molecule has 0 spiro atoms. The van der Waals surface area contributed by atoms with E-state index < -0.39 is 6.99 Å². The van der Waals surface area contributed by atoms with E-state index in [9.17, 15) is 0 Å². The van der Waals surface area contributed by atoms with Gasteiger partial charge in [-0.15, -0.1) is 0 Å². The van der Waals surface area contributed by atoms with Gasteiger partial charge in [0.15, 0.2) is 6.99 Å². The van der Waals surface area contributed by atoms with E-state index in [0.29, 0.717) is 12.6 Å². The molecule has 1 saturated heterocycles. The molecule has 0 radical (unpaired) electrons. The van der Waals surface area contributed by atoms with Crippen molar-refractivity contribution in [1.29, 1.82) is 0 Å². The molecule has 5 heteroatoms. The topological polar surface area (TPSA) is 33.3 Å². The third-order valence-electron chi connectivity index (χ3n) is 4.26.